The minimum absolute atomic E-state index is 0.876. The molecule has 20 heavy (non-hydrogen) atoms. The Morgan fingerprint density at radius 1 is 0.950 bits per heavy atom. The third kappa shape index (κ3) is 4.10. The van der Waals surface area contributed by atoms with E-state index in [-0.39, 0.29) is 0 Å². The Morgan fingerprint density at radius 3 is 2.30 bits per heavy atom. The lowest BCUT2D eigenvalue weighted by Crippen LogP contribution is -2.10. The largest absolute Gasteiger partial charge is 0.381 e. The number of anilines is 1. The molecule has 0 saturated carbocycles. The molecule has 0 aliphatic rings. The molecule has 0 saturated heterocycles. The third-order valence-corrected chi connectivity index (χ3v) is 3.44. The smallest absolute Gasteiger partial charge is 0.0403 e. The van der Waals surface area contributed by atoms with E-state index >= 15 is 0 Å². The first-order valence-electron chi connectivity index (χ1n) is 7.08. The average Bonchev–Trinajstić information content (AvgIpc) is 2.41. The number of aryl methyl sites for hydroxylation is 2. The van der Waals surface area contributed by atoms with Crippen LogP contribution in [0, 0.1) is 13.8 Å². The quantitative estimate of drug-likeness (QED) is 0.882. The minimum Gasteiger partial charge on any atom is -0.381 e. The number of nitrogens with one attached hydrogen (secondary N) is 1. The van der Waals surface area contributed by atoms with Gasteiger partial charge in [-0.2, -0.15) is 0 Å². The van der Waals surface area contributed by atoms with Gasteiger partial charge in [0.1, 0.15) is 0 Å². The van der Waals surface area contributed by atoms with Gasteiger partial charge in [-0.1, -0.05) is 35.9 Å². The maximum atomic E-state index is 3.50. The van der Waals surface area contributed by atoms with E-state index in [1.165, 1.54) is 27.9 Å². The van der Waals surface area contributed by atoms with Gasteiger partial charge in [-0.25, -0.2) is 0 Å². The Hall–Kier alpha value is -1.80. The SMILES string of the molecule is Cc1ccc(C)c(CNc2ccc(CN(C)C)cc2)c1. The number of hydrogen-bond acceptors (Lipinski definition) is 2. The lowest BCUT2D eigenvalue weighted by atomic mass is 10.1. The fraction of sp³-hybridized carbons (Fsp3) is 0.333. The van der Waals surface area contributed by atoms with Gasteiger partial charge in [0.15, 0.2) is 0 Å². The van der Waals surface area contributed by atoms with E-state index in [4.69, 9.17) is 0 Å². The monoisotopic (exact) mass is 268 g/mol. The Labute approximate surface area is 122 Å². The normalized spacial score (nSPS) is 10.8. The molecule has 2 heteroatoms. The summed E-state index contributed by atoms with van der Waals surface area (Å²) in [5.74, 6) is 0. The summed E-state index contributed by atoms with van der Waals surface area (Å²) in [6.07, 6.45) is 0. The average molecular weight is 268 g/mol. The molecule has 2 nitrogen and oxygen atoms in total. The molecule has 0 spiro atoms. The lowest BCUT2D eigenvalue weighted by molar-refractivity contribution is 0.402. The van der Waals surface area contributed by atoms with E-state index in [1.807, 2.05) is 0 Å². The van der Waals surface area contributed by atoms with Crippen molar-refractivity contribution in [1.82, 2.24) is 4.90 Å². The van der Waals surface area contributed by atoms with Gasteiger partial charge in [0, 0.05) is 18.8 Å². The van der Waals surface area contributed by atoms with Gasteiger partial charge >= 0.3 is 0 Å². The van der Waals surface area contributed by atoms with E-state index in [0.717, 1.165) is 13.1 Å². The molecule has 0 aromatic heterocycles. The van der Waals surface area contributed by atoms with Crippen molar-refractivity contribution in [2.75, 3.05) is 19.4 Å². The predicted octanol–water partition coefficient (Wildman–Crippen LogP) is 3.98. The number of hydrogen-bond donors (Lipinski definition) is 1. The van der Waals surface area contributed by atoms with Crippen molar-refractivity contribution in [3.8, 4) is 0 Å². The van der Waals surface area contributed by atoms with Crippen molar-refractivity contribution in [3.63, 3.8) is 0 Å². The van der Waals surface area contributed by atoms with Crippen LogP contribution in [0.5, 0.6) is 0 Å². The van der Waals surface area contributed by atoms with Crippen LogP contribution in [0.2, 0.25) is 0 Å². The van der Waals surface area contributed by atoms with Crippen molar-refractivity contribution in [2.45, 2.75) is 26.9 Å². The fourth-order valence-electron chi connectivity index (χ4n) is 2.28. The van der Waals surface area contributed by atoms with Crippen LogP contribution in [0.4, 0.5) is 5.69 Å². The first-order valence-corrected chi connectivity index (χ1v) is 7.08. The standard InChI is InChI=1S/C18H24N2/c1-14-5-6-15(2)17(11-14)12-19-18-9-7-16(8-10-18)13-20(3)4/h5-11,19H,12-13H2,1-4H3. The van der Waals surface area contributed by atoms with Crippen LogP contribution < -0.4 is 5.32 Å². The molecule has 106 valence electrons. The Bertz CT molecular complexity index is 556. The summed E-state index contributed by atoms with van der Waals surface area (Å²) in [5.41, 5.74) is 6.53. The first kappa shape index (κ1) is 14.6. The number of rotatable bonds is 5. The Balaban J connectivity index is 1.98. The fourth-order valence-corrected chi connectivity index (χ4v) is 2.28. The summed E-state index contributed by atoms with van der Waals surface area (Å²) in [6, 6.07) is 15.3. The van der Waals surface area contributed by atoms with Crippen LogP contribution in [0.3, 0.4) is 0 Å². The van der Waals surface area contributed by atoms with Crippen LogP contribution in [0.25, 0.3) is 0 Å². The molecule has 0 aliphatic carbocycles. The van der Waals surface area contributed by atoms with Crippen molar-refractivity contribution in [1.29, 1.82) is 0 Å². The maximum absolute atomic E-state index is 3.50. The number of benzene rings is 2. The zero-order valence-electron chi connectivity index (χ0n) is 12.9. The van der Waals surface area contributed by atoms with Gasteiger partial charge in [0.25, 0.3) is 0 Å². The highest BCUT2D eigenvalue weighted by Gasteiger charge is 2.00. The van der Waals surface area contributed by atoms with E-state index < -0.39 is 0 Å². The highest BCUT2D eigenvalue weighted by molar-refractivity contribution is 5.46. The van der Waals surface area contributed by atoms with Crippen LogP contribution in [-0.4, -0.2) is 19.0 Å². The minimum atomic E-state index is 0.876. The molecule has 2 aromatic rings. The molecule has 0 aliphatic heterocycles. The molecule has 0 fully saturated rings. The summed E-state index contributed by atoms with van der Waals surface area (Å²) in [4.78, 5) is 2.18. The van der Waals surface area contributed by atoms with E-state index in [1.54, 1.807) is 0 Å². The molecule has 2 aromatic carbocycles. The molecule has 2 rings (SSSR count). The Morgan fingerprint density at radius 2 is 1.65 bits per heavy atom. The molecule has 1 N–H and O–H groups in total. The highest BCUT2D eigenvalue weighted by Crippen LogP contribution is 2.15. The summed E-state index contributed by atoms with van der Waals surface area (Å²) in [6.45, 7) is 6.16. The molecular weight excluding hydrogens is 244 g/mol. The molecule has 0 bridgehead atoms. The highest BCUT2D eigenvalue weighted by atomic mass is 15.0. The Kier molecular flexibility index (Phi) is 4.80. The molecule has 0 radical (unpaired) electrons. The zero-order valence-corrected chi connectivity index (χ0v) is 12.9. The third-order valence-electron chi connectivity index (χ3n) is 3.44. The van der Waals surface area contributed by atoms with Gasteiger partial charge in [0.05, 0.1) is 0 Å². The van der Waals surface area contributed by atoms with Gasteiger partial charge in [-0.15, -0.1) is 0 Å². The topological polar surface area (TPSA) is 15.3 Å². The maximum Gasteiger partial charge on any atom is 0.0403 e. The lowest BCUT2D eigenvalue weighted by Gasteiger charge is -2.12. The van der Waals surface area contributed by atoms with Gasteiger partial charge in [-0.3, -0.25) is 0 Å². The molecule has 0 unspecified atom stereocenters. The molecule has 0 amide bonds. The van der Waals surface area contributed by atoms with Crippen LogP contribution in [-0.2, 0) is 13.1 Å². The van der Waals surface area contributed by atoms with E-state index in [0.29, 0.717) is 0 Å². The van der Waals surface area contributed by atoms with Crippen molar-refractivity contribution in [3.05, 3.63) is 64.7 Å². The first-order chi connectivity index (χ1) is 9.54. The van der Waals surface area contributed by atoms with Crippen molar-refractivity contribution >= 4 is 5.69 Å². The zero-order chi connectivity index (χ0) is 14.5. The number of nitrogens with zero attached hydrogens (tertiary/aromatic N) is 1. The second-order valence-electron chi connectivity index (χ2n) is 5.72. The summed E-state index contributed by atoms with van der Waals surface area (Å²) in [7, 11) is 4.18. The predicted molar refractivity (Wildman–Crippen MR) is 87.1 cm³/mol. The summed E-state index contributed by atoms with van der Waals surface area (Å²) < 4.78 is 0. The van der Waals surface area contributed by atoms with E-state index in [2.05, 4.69) is 80.6 Å². The van der Waals surface area contributed by atoms with Crippen molar-refractivity contribution < 1.29 is 0 Å². The van der Waals surface area contributed by atoms with Crippen LogP contribution in [0.15, 0.2) is 42.5 Å². The van der Waals surface area contributed by atoms with Gasteiger partial charge < -0.3 is 10.2 Å². The second kappa shape index (κ2) is 6.58. The van der Waals surface area contributed by atoms with Gasteiger partial charge in [-0.05, 0) is 56.8 Å². The van der Waals surface area contributed by atoms with E-state index in [9.17, 15) is 0 Å². The molecule has 0 atom stereocenters. The van der Waals surface area contributed by atoms with Crippen LogP contribution in [0.1, 0.15) is 22.3 Å². The van der Waals surface area contributed by atoms with Gasteiger partial charge in [0.2, 0.25) is 0 Å². The molecule has 0 heterocycles. The summed E-state index contributed by atoms with van der Waals surface area (Å²) in [5, 5.41) is 3.50. The summed E-state index contributed by atoms with van der Waals surface area (Å²) >= 11 is 0. The van der Waals surface area contributed by atoms with Crippen molar-refractivity contribution in [2.24, 2.45) is 0 Å². The molecular formula is C18H24N2. The van der Waals surface area contributed by atoms with Crippen LogP contribution >= 0.6 is 0 Å². The second-order valence-corrected chi connectivity index (χ2v) is 5.72.